The van der Waals surface area contributed by atoms with Gasteiger partial charge >= 0.3 is 0 Å². The summed E-state index contributed by atoms with van der Waals surface area (Å²) in [6.07, 6.45) is 3.15. The van der Waals surface area contributed by atoms with Crippen molar-refractivity contribution < 1.29 is 0 Å². The molecule has 3 rings (SSSR count). The van der Waals surface area contributed by atoms with Gasteiger partial charge in [-0.2, -0.15) is 0 Å². The van der Waals surface area contributed by atoms with Crippen molar-refractivity contribution >= 4 is 10.9 Å². The molecule has 21 heavy (non-hydrogen) atoms. The first-order valence-electron chi connectivity index (χ1n) is 8.01. The van der Waals surface area contributed by atoms with E-state index in [2.05, 4.69) is 53.3 Å². The molecular formula is C18H25N3. The lowest BCUT2D eigenvalue weighted by Gasteiger charge is -2.34. The normalized spacial score (nSPS) is 20.2. The molecule has 0 bridgehead atoms. The van der Waals surface area contributed by atoms with Crippen molar-refractivity contribution in [1.29, 1.82) is 0 Å². The van der Waals surface area contributed by atoms with Crippen LogP contribution in [-0.4, -0.2) is 35.6 Å². The second-order valence-corrected chi connectivity index (χ2v) is 6.51. The topological polar surface area (TPSA) is 28.2 Å². The molecular weight excluding hydrogens is 258 g/mol. The average molecular weight is 283 g/mol. The lowest BCUT2D eigenvalue weighted by Crippen LogP contribution is -2.50. The van der Waals surface area contributed by atoms with Crippen LogP contribution in [-0.2, 0) is 6.54 Å². The number of hydrogen-bond acceptors (Lipinski definition) is 3. The highest BCUT2D eigenvalue weighted by atomic mass is 15.2. The maximum atomic E-state index is 4.57. The number of nitrogens with zero attached hydrogens (tertiary/aromatic N) is 2. The summed E-state index contributed by atoms with van der Waals surface area (Å²) in [5, 5.41) is 4.89. The highest BCUT2D eigenvalue weighted by molar-refractivity contribution is 5.81. The first-order chi connectivity index (χ1) is 10.2. The molecule has 1 atom stereocenters. The number of nitrogens with one attached hydrogen (secondary N) is 1. The average Bonchev–Trinajstić information content (AvgIpc) is 2.47. The molecule has 0 saturated carbocycles. The lowest BCUT2D eigenvalue weighted by atomic mass is 10.0. The van der Waals surface area contributed by atoms with E-state index in [1.807, 2.05) is 12.3 Å². The number of pyridine rings is 1. The Bertz CT molecular complexity index is 589. The van der Waals surface area contributed by atoms with E-state index in [-0.39, 0.29) is 0 Å². The second kappa shape index (κ2) is 6.54. The van der Waals surface area contributed by atoms with E-state index in [0.29, 0.717) is 6.04 Å². The summed E-state index contributed by atoms with van der Waals surface area (Å²) < 4.78 is 0. The van der Waals surface area contributed by atoms with Gasteiger partial charge in [0.05, 0.1) is 5.52 Å². The molecule has 3 heteroatoms. The smallest absolute Gasteiger partial charge is 0.0746 e. The van der Waals surface area contributed by atoms with Crippen molar-refractivity contribution in [3.05, 3.63) is 42.1 Å². The summed E-state index contributed by atoms with van der Waals surface area (Å²) in [5.41, 5.74) is 2.50. The standard InChI is InChI=1S/C18H25N3/c1-14(2)11-17-13-21(10-9-19-17)12-16-6-3-5-15-7-4-8-20-18(15)16/h3-8,14,17,19H,9-13H2,1-2H3. The largest absolute Gasteiger partial charge is 0.311 e. The van der Waals surface area contributed by atoms with Gasteiger partial charge in [-0.15, -0.1) is 0 Å². The molecule has 1 unspecified atom stereocenters. The first-order valence-corrected chi connectivity index (χ1v) is 8.01. The molecule has 0 amide bonds. The molecule has 1 aromatic heterocycles. The van der Waals surface area contributed by atoms with E-state index in [9.17, 15) is 0 Å². The third kappa shape index (κ3) is 3.60. The Morgan fingerprint density at radius 1 is 1.29 bits per heavy atom. The fraction of sp³-hybridized carbons (Fsp3) is 0.500. The monoisotopic (exact) mass is 283 g/mol. The third-order valence-corrected chi connectivity index (χ3v) is 4.21. The Morgan fingerprint density at radius 3 is 3.00 bits per heavy atom. The number of hydrogen-bond donors (Lipinski definition) is 1. The van der Waals surface area contributed by atoms with E-state index in [1.165, 1.54) is 17.4 Å². The molecule has 2 aromatic rings. The lowest BCUT2D eigenvalue weighted by molar-refractivity contribution is 0.180. The summed E-state index contributed by atoms with van der Waals surface area (Å²) in [6, 6.07) is 11.3. The Balaban J connectivity index is 1.73. The van der Waals surface area contributed by atoms with Gasteiger partial charge in [0, 0.05) is 43.8 Å². The fourth-order valence-corrected chi connectivity index (χ4v) is 3.30. The molecule has 1 aliphatic heterocycles. The molecule has 0 aliphatic carbocycles. The highest BCUT2D eigenvalue weighted by Gasteiger charge is 2.20. The predicted molar refractivity (Wildman–Crippen MR) is 88.3 cm³/mol. The van der Waals surface area contributed by atoms with Gasteiger partial charge in [0.25, 0.3) is 0 Å². The van der Waals surface area contributed by atoms with Gasteiger partial charge in [-0.05, 0) is 24.0 Å². The van der Waals surface area contributed by atoms with Crippen molar-refractivity contribution in [2.45, 2.75) is 32.9 Å². The molecule has 1 aromatic carbocycles. The minimum absolute atomic E-state index is 0.627. The van der Waals surface area contributed by atoms with Crippen LogP contribution in [0.25, 0.3) is 10.9 Å². The number of fused-ring (bicyclic) bond motifs is 1. The Morgan fingerprint density at radius 2 is 2.14 bits per heavy atom. The van der Waals surface area contributed by atoms with Crippen molar-refractivity contribution in [3.8, 4) is 0 Å². The molecule has 1 saturated heterocycles. The quantitative estimate of drug-likeness (QED) is 0.935. The van der Waals surface area contributed by atoms with Crippen LogP contribution in [0.1, 0.15) is 25.8 Å². The zero-order chi connectivity index (χ0) is 14.7. The molecule has 0 radical (unpaired) electrons. The van der Waals surface area contributed by atoms with Crippen LogP contribution in [0.2, 0.25) is 0 Å². The molecule has 1 fully saturated rings. The summed E-state index contributed by atoms with van der Waals surface area (Å²) >= 11 is 0. The van der Waals surface area contributed by atoms with E-state index in [1.54, 1.807) is 0 Å². The maximum Gasteiger partial charge on any atom is 0.0746 e. The second-order valence-electron chi connectivity index (χ2n) is 6.51. The third-order valence-electron chi connectivity index (χ3n) is 4.21. The van der Waals surface area contributed by atoms with Crippen molar-refractivity contribution in [1.82, 2.24) is 15.2 Å². The highest BCUT2D eigenvalue weighted by Crippen LogP contribution is 2.19. The van der Waals surface area contributed by atoms with Crippen molar-refractivity contribution in [3.63, 3.8) is 0 Å². The summed E-state index contributed by atoms with van der Waals surface area (Å²) in [6.45, 7) is 8.96. The van der Waals surface area contributed by atoms with E-state index in [4.69, 9.17) is 0 Å². The van der Waals surface area contributed by atoms with Crippen LogP contribution in [0.4, 0.5) is 0 Å². The molecule has 2 heterocycles. The van der Waals surface area contributed by atoms with E-state index in [0.717, 1.165) is 37.6 Å². The zero-order valence-corrected chi connectivity index (χ0v) is 13.0. The SMILES string of the molecule is CC(C)CC1CN(Cc2cccc3cccnc23)CCN1. The van der Waals surface area contributed by atoms with Crippen LogP contribution in [0.5, 0.6) is 0 Å². The van der Waals surface area contributed by atoms with E-state index >= 15 is 0 Å². The Hall–Kier alpha value is -1.45. The molecule has 112 valence electrons. The Labute approximate surface area is 127 Å². The van der Waals surface area contributed by atoms with Crippen LogP contribution >= 0.6 is 0 Å². The van der Waals surface area contributed by atoms with Crippen LogP contribution in [0, 0.1) is 5.92 Å². The van der Waals surface area contributed by atoms with Crippen LogP contribution in [0.3, 0.4) is 0 Å². The van der Waals surface area contributed by atoms with Gasteiger partial charge in [0.2, 0.25) is 0 Å². The van der Waals surface area contributed by atoms with Gasteiger partial charge < -0.3 is 5.32 Å². The number of benzene rings is 1. The molecule has 3 nitrogen and oxygen atoms in total. The van der Waals surface area contributed by atoms with Gasteiger partial charge in [0.15, 0.2) is 0 Å². The van der Waals surface area contributed by atoms with Gasteiger partial charge in [-0.25, -0.2) is 0 Å². The molecule has 1 aliphatic rings. The van der Waals surface area contributed by atoms with Crippen molar-refractivity contribution in [2.24, 2.45) is 5.92 Å². The summed E-state index contributed by atoms with van der Waals surface area (Å²) in [7, 11) is 0. The van der Waals surface area contributed by atoms with Gasteiger partial charge in [-0.1, -0.05) is 38.1 Å². The maximum absolute atomic E-state index is 4.57. The minimum Gasteiger partial charge on any atom is -0.311 e. The Kier molecular flexibility index (Phi) is 4.51. The van der Waals surface area contributed by atoms with Gasteiger partial charge in [-0.3, -0.25) is 9.88 Å². The first kappa shape index (κ1) is 14.5. The number of piperazine rings is 1. The minimum atomic E-state index is 0.627. The number of aromatic nitrogens is 1. The fourth-order valence-electron chi connectivity index (χ4n) is 3.30. The predicted octanol–water partition coefficient (Wildman–Crippen LogP) is 3.05. The molecule has 1 N–H and O–H groups in total. The van der Waals surface area contributed by atoms with E-state index < -0.39 is 0 Å². The van der Waals surface area contributed by atoms with Crippen LogP contribution < -0.4 is 5.32 Å². The summed E-state index contributed by atoms with van der Waals surface area (Å²) in [4.78, 5) is 7.13. The van der Waals surface area contributed by atoms with Gasteiger partial charge in [0.1, 0.15) is 0 Å². The van der Waals surface area contributed by atoms with Crippen LogP contribution in [0.15, 0.2) is 36.5 Å². The zero-order valence-electron chi connectivity index (χ0n) is 13.0. The summed E-state index contributed by atoms with van der Waals surface area (Å²) in [5.74, 6) is 0.752. The number of rotatable bonds is 4. The van der Waals surface area contributed by atoms with Crippen molar-refractivity contribution in [2.75, 3.05) is 19.6 Å². The number of para-hydroxylation sites is 1. The molecule has 0 spiro atoms.